The SMILES string of the molecule is CC(C)c1noc(CN2C(=O)N[C@]3(CCc4ccccc43)C2=O)n1. The van der Waals surface area contributed by atoms with E-state index < -0.39 is 11.6 Å². The Kier molecular flexibility index (Phi) is 3.19. The number of fused-ring (bicyclic) bond motifs is 2. The Labute approximate surface area is 139 Å². The Hall–Kier alpha value is -2.70. The minimum absolute atomic E-state index is 0.00565. The van der Waals surface area contributed by atoms with E-state index >= 15 is 0 Å². The van der Waals surface area contributed by atoms with Gasteiger partial charge in [0.25, 0.3) is 5.91 Å². The summed E-state index contributed by atoms with van der Waals surface area (Å²) in [5.74, 6) is 0.712. The number of hydrogen-bond acceptors (Lipinski definition) is 5. The second-order valence-electron chi connectivity index (χ2n) is 6.58. The quantitative estimate of drug-likeness (QED) is 0.873. The first kappa shape index (κ1) is 14.9. The molecule has 1 aliphatic carbocycles. The summed E-state index contributed by atoms with van der Waals surface area (Å²) in [5.41, 5.74) is 1.04. The van der Waals surface area contributed by atoms with Crippen LogP contribution in [0.15, 0.2) is 28.8 Å². The van der Waals surface area contributed by atoms with Gasteiger partial charge >= 0.3 is 6.03 Å². The number of hydrogen-bond donors (Lipinski definition) is 1. The van der Waals surface area contributed by atoms with E-state index in [9.17, 15) is 9.59 Å². The van der Waals surface area contributed by atoms with E-state index in [1.54, 1.807) is 0 Å². The summed E-state index contributed by atoms with van der Waals surface area (Å²) in [7, 11) is 0. The third kappa shape index (κ3) is 2.04. The zero-order chi connectivity index (χ0) is 16.9. The largest absolute Gasteiger partial charge is 0.337 e. The third-order valence-corrected chi connectivity index (χ3v) is 4.72. The first-order chi connectivity index (χ1) is 11.5. The summed E-state index contributed by atoms with van der Waals surface area (Å²) in [4.78, 5) is 30.8. The Balaban J connectivity index is 1.63. The summed E-state index contributed by atoms with van der Waals surface area (Å²) < 4.78 is 5.17. The Morgan fingerprint density at radius 2 is 2.12 bits per heavy atom. The van der Waals surface area contributed by atoms with Gasteiger partial charge in [0.05, 0.1) is 0 Å². The van der Waals surface area contributed by atoms with Gasteiger partial charge in [-0.15, -0.1) is 0 Å². The van der Waals surface area contributed by atoms with Crippen LogP contribution in [0, 0.1) is 0 Å². The molecule has 124 valence electrons. The number of amides is 3. The van der Waals surface area contributed by atoms with Crippen LogP contribution in [0.5, 0.6) is 0 Å². The molecule has 1 fully saturated rings. The molecule has 1 aromatic heterocycles. The van der Waals surface area contributed by atoms with E-state index in [4.69, 9.17) is 4.52 Å². The molecule has 1 atom stereocenters. The molecule has 2 aliphatic rings. The second kappa shape index (κ2) is 5.15. The lowest BCUT2D eigenvalue weighted by Crippen LogP contribution is -2.41. The highest BCUT2D eigenvalue weighted by atomic mass is 16.5. The number of nitrogens with zero attached hydrogens (tertiary/aromatic N) is 3. The van der Waals surface area contributed by atoms with Gasteiger partial charge in [0.2, 0.25) is 5.89 Å². The average Bonchev–Trinajstić information content (AvgIpc) is 3.23. The van der Waals surface area contributed by atoms with Gasteiger partial charge in [0, 0.05) is 5.92 Å². The molecule has 1 saturated heterocycles. The zero-order valence-corrected chi connectivity index (χ0v) is 13.6. The first-order valence-electron chi connectivity index (χ1n) is 8.06. The van der Waals surface area contributed by atoms with E-state index in [1.165, 1.54) is 4.90 Å². The molecule has 0 radical (unpaired) electrons. The normalized spacial score (nSPS) is 22.5. The van der Waals surface area contributed by atoms with E-state index in [1.807, 2.05) is 38.1 Å². The van der Waals surface area contributed by atoms with Crippen molar-refractivity contribution in [2.45, 2.75) is 44.7 Å². The molecule has 3 amide bonds. The smallest absolute Gasteiger partial charge is 0.325 e. The fourth-order valence-corrected chi connectivity index (χ4v) is 3.44. The van der Waals surface area contributed by atoms with Crippen LogP contribution in [0.1, 0.15) is 49.0 Å². The molecule has 0 bridgehead atoms. The van der Waals surface area contributed by atoms with Gasteiger partial charge in [-0.2, -0.15) is 4.98 Å². The van der Waals surface area contributed by atoms with Crippen molar-refractivity contribution in [1.29, 1.82) is 0 Å². The maximum Gasteiger partial charge on any atom is 0.325 e. The number of urea groups is 1. The number of aryl methyl sites for hydroxylation is 1. The third-order valence-electron chi connectivity index (χ3n) is 4.72. The first-order valence-corrected chi connectivity index (χ1v) is 8.06. The van der Waals surface area contributed by atoms with Crippen molar-refractivity contribution in [1.82, 2.24) is 20.4 Å². The molecule has 1 aliphatic heterocycles. The lowest BCUT2D eigenvalue weighted by Gasteiger charge is -2.21. The Morgan fingerprint density at radius 3 is 2.88 bits per heavy atom. The highest BCUT2D eigenvalue weighted by Crippen LogP contribution is 2.41. The molecule has 1 spiro atoms. The predicted octanol–water partition coefficient (Wildman–Crippen LogP) is 2.09. The lowest BCUT2D eigenvalue weighted by atomic mass is 9.92. The predicted molar refractivity (Wildman–Crippen MR) is 83.9 cm³/mol. The zero-order valence-electron chi connectivity index (χ0n) is 13.6. The monoisotopic (exact) mass is 326 g/mol. The van der Waals surface area contributed by atoms with E-state index in [0.717, 1.165) is 17.5 Å². The van der Waals surface area contributed by atoms with Crippen LogP contribution >= 0.6 is 0 Å². The molecule has 4 rings (SSSR count). The minimum Gasteiger partial charge on any atom is -0.337 e. The molecule has 0 unspecified atom stereocenters. The van der Waals surface area contributed by atoms with Gasteiger partial charge in [-0.3, -0.25) is 9.69 Å². The van der Waals surface area contributed by atoms with Crippen LogP contribution in [0.25, 0.3) is 0 Å². The van der Waals surface area contributed by atoms with Gasteiger partial charge < -0.3 is 9.84 Å². The molecular formula is C17H18N4O3. The number of carbonyl (C=O) groups is 2. The van der Waals surface area contributed by atoms with E-state index in [0.29, 0.717) is 12.2 Å². The average molecular weight is 326 g/mol. The molecule has 1 aromatic carbocycles. The summed E-state index contributed by atoms with van der Waals surface area (Å²) >= 11 is 0. The Bertz CT molecular complexity index is 829. The molecule has 24 heavy (non-hydrogen) atoms. The van der Waals surface area contributed by atoms with Crippen LogP contribution < -0.4 is 5.32 Å². The molecule has 2 heterocycles. The van der Waals surface area contributed by atoms with Gasteiger partial charge in [0.15, 0.2) is 5.82 Å². The lowest BCUT2D eigenvalue weighted by molar-refractivity contribution is -0.132. The number of aromatic nitrogens is 2. The van der Waals surface area contributed by atoms with Crippen molar-refractivity contribution < 1.29 is 14.1 Å². The highest BCUT2D eigenvalue weighted by molar-refractivity contribution is 6.07. The summed E-state index contributed by atoms with van der Waals surface area (Å²) in [6.45, 7) is 3.90. The minimum atomic E-state index is -0.950. The number of imide groups is 1. The van der Waals surface area contributed by atoms with Crippen molar-refractivity contribution in [3.8, 4) is 0 Å². The molecule has 2 aromatic rings. The Morgan fingerprint density at radius 1 is 1.33 bits per heavy atom. The van der Waals surface area contributed by atoms with Crippen molar-refractivity contribution in [2.75, 3.05) is 0 Å². The second-order valence-corrected chi connectivity index (χ2v) is 6.58. The maximum absolute atomic E-state index is 13.0. The molecule has 0 saturated carbocycles. The van der Waals surface area contributed by atoms with Gasteiger partial charge in [-0.25, -0.2) is 4.79 Å². The molecular weight excluding hydrogens is 308 g/mol. The number of benzene rings is 1. The van der Waals surface area contributed by atoms with Crippen molar-refractivity contribution in [2.24, 2.45) is 0 Å². The standard InChI is InChI=1S/C17H18N4O3/c1-10(2)14-18-13(24-20-14)9-21-15(22)17(19-16(21)23)8-7-11-5-3-4-6-12(11)17/h3-6,10H,7-9H2,1-2H3,(H,19,23)/t17-/m0/s1. The molecule has 7 nitrogen and oxygen atoms in total. The number of rotatable bonds is 3. The maximum atomic E-state index is 13.0. The highest BCUT2D eigenvalue weighted by Gasteiger charge is 2.55. The summed E-state index contributed by atoms with van der Waals surface area (Å²) in [6.07, 6.45) is 1.35. The van der Waals surface area contributed by atoms with Crippen molar-refractivity contribution in [3.63, 3.8) is 0 Å². The van der Waals surface area contributed by atoms with Gasteiger partial charge in [-0.05, 0) is 24.0 Å². The van der Waals surface area contributed by atoms with Crippen LogP contribution in [0.4, 0.5) is 4.79 Å². The van der Waals surface area contributed by atoms with E-state index in [2.05, 4.69) is 15.5 Å². The van der Waals surface area contributed by atoms with Crippen LogP contribution in [0.3, 0.4) is 0 Å². The van der Waals surface area contributed by atoms with Crippen LogP contribution in [0.2, 0.25) is 0 Å². The molecule has 1 N–H and O–H groups in total. The summed E-state index contributed by atoms with van der Waals surface area (Å²) in [6, 6.07) is 7.33. The van der Waals surface area contributed by atoms with Gasteiger partial charge in [0.1, 0.15) is 12.1 Å². The van der Waals surface area contributed by atoms with E-state index in [-0.39, 0.29) is 24.3 Å². The van der Waals surface area contributed by atoms with Crippen LogP contribution in [-0.4, -0.2) is 27.0 Å². The summed E-state index contributed by atoms with van der Waals surface area (Å²) in [5, 5.41) is 6.76. The van der Waals surface area contributed by atoms with Crippen LogP contribution in [-0.2, 0) is 23.3 Å². The van der Waals surface area contributed by atoms with Crippen molar-refractivity contribution in [3.05, 3.63) is 47.1 Å². The fraction of sp³-hybridized carbons (Fsp3) is 0.412. The topological polar surface area (TPSA) is 88.3 Å². The fourth-order valence-electron chi connectivity index (χ4n) is 3.44. The molecule has 7 heteroatoms. The van der Waals surface area contributed by atoms with Gasteiger partial charge in [-0.1, -0.05) is 43.3 Å². The van der Waals surface area contributed by atoms with Crippen molar-refractivity contribution >= 4 is 11.9 Å². The number of nitrogens with one attached hydrogen (secondary N) is 1. The number of carbonyl (C=O) groups excluding carboxylic acids is 2.